The van der Waals surface area contributed by atoms with Crippen LogP contribution in [0.2, 0.25) is 0 Å². The number of hydrogen-bond acceptors (Lipinski definition) is 10. The Morgan fingerprint density at radius 2 is 2.00 bits per heavy atom. The number of para-hydroxylation sites is 1. The van der Waals surface area contributed by atoms with Crippen LogP contribution < -0.4 is 5.73 Å². The fraction of sp³-hybridized carbons (Fsp3) is 0.143. The van der Waals surface area contributed by atoms with E-state index in [0.29, 0.717) is 0 Å². The van der Waals surface area contributed by atoms with Crippen molar-refractivity contribution in [3.05, 3.63) is 67.3 Å². The first kappa shape index (κ1) is 17.5. The van der Waals surface area contributed by atoms with Crippen molar-refractivity contribution in [2.75, 3.05) is 0 Å². The van der Waals surface area contributed by atoms with Crippen LogP contribution in [0.15, 0.2) is 41.5 Å². The van der Waals surface area contributed by atoms with Gasteiger partial charge in [-0.15, -0.1) is 0 Å². The van der Waals surface area contributed by atoms with Gasteiger partial charge in [0.1, 0.15) is 23.1 Å². The molecule has 0 bridgehead atoms. The van der Waals surface area contributed by atoms with E-state index >= 15 is 0 Å². The number of rotatable bonds is 4. The van der Waals surface area contributed by atoms with Gasteiger partial charge < -0.3 is 20.6 Å². The number of nitrogens with zero attached hydrogens (tertiary/aromatic N) is 7. The highest BCUT2D eigenvalue weighted by molar-refractivity contribution is 5.69. The molecule has 2 heterocycles. The Hall–Kier alpha value is -4.34. The zero-order chi connectivity index (χ0) is 19.7. The Balaban J connectivity index is 2.27. The number of benzene rings is 1. The highest BCUT2D eigenvalue weighted by Crippen LogP contribution is 2.43. The van der Waals surface area contributed by atoms with Crippen LogP contribution in [-0.4, -0.2) is 30.1 Å². The second kappa shape index (κ2) is 6.52. The monoisotopic (exact) mass is 370 g/mol. The maximum absolute atomic E-state index is 11.4. The van der Waals surface area contributed by atoms with Crippen molar-refractivity contribution >= 4 is 17.3 Å². The second-order valence-corrected chi connectivity index (χ2v) is 5.32. The third-order valence-corrected chi connectivity index (χ3v) is 3.80. The molecular weight excluding hydrogens is 360 g/mol. The highest BCUT2D eigenvalue weighted by atomic mass is 16.6. The third-order valence-electron chi connectivity index (χ3n) is 3.80. The second-order valence-electron chi connectivity index (χ2n) is 5.32. The first-order valence-corrected chi connectivity index (χ1v) is 7.31. The van der Waals surface area contributed by atoms with Crippen LogP contribution in [0, 0.1) is 31.6 Å². The summed E-state index contributed by atoms with van der Waals surface area (Å²) in [7, 11) is 0. The lowest BCUT2D eigenvalue weighted by Gasteiger charge is -2.25. The molecule has 3 rings (SSSR count). The van der Waals surface area contributed by atoms with Crippen molar-refractivity contribution in [1.82, 2.24) is 20.2 Å². The van der Waals surface area contributed by atoms with Crippen LogP contribution in [0.4, 0.5) is 11.6 Å². The molecule has 0 amide bonds. The van der Waals surface area contributed by atoms with E-state index in [1.165, 1.54) is 25.1 Å². The largest absolute Gasteiger partial charge is 0.515 e. The normalized spacial score (nSPS) is 16.7. The number of allylic oxidation sites excluding steroid dienone is 3. The molecule has 2 N–H and O–H groups in total. The predicted molar refractivity (Wildman–Crippen MR) is 87.1 cm³/mol. The van der Waals surface area contributed by atoms with E-state index in [4.69, 9.17) is 10.5 Å². The zero-order valence-electron chi connectivity index (χ0n) is 13.6. The minimum atomic E-state index is -1.08. The molecular formula is C14H10N8O5. The maximum Gasteiger partial charge on any atom is 0.515 e. The molecule has 1 aliphatic rings. The molecule has 0 fully saturated rings. The van der Waals surface area contributed by atoms with Gasteiger partial charge in [-0.25, -0.2) is 0 Å². The van der Waals surface area contributed by atoms with Gasteiger partial charge in [0.2, 0.25) is 5.88 Å². The number of nitriles is 1. The number of ether oxygens (including phenoxy) is 1. The molecule has 1 atom stereocenters. The molecule has 27 heavy (non-hydrogen) atoms. The number of nitro groups is 2. The summed E-state index contributed by atoms with van der Waals surface area (Å²) in [6.45, 7) is 1.47. The molecule has 0 saturated heterocycles. The molecule has 2 aromatic rings. The number of tetrazole rings is 1. The summed E-state index contributed by atoms with van der Waals surface area (Å²) in [4.78, 5) is 21.6. The minimum absolute atomic E-state index is 0.0515. The van der Waals surface area contributed by atoms with Crippen LogP contribution in [0.5, 0.6) is 0 Å². The first-order valence-electron chi connectivity index (χ1n) is 7.31. The lowest BCUT2D eigenvalue weighted by atomic mass is 9.86. The van der Waals surface area contributed by atoms with Gasteiger partial charge in [0.15, 0.2) is 0 Å². The molecule has 13 heteroatoms. The first-order chi connectivity index (χ1) is 12.8. The van der Waals surface area contributed by atoms with Gasteiger partial charge in [-0.1, -0.05) is 23.0 Å². The molecule has 1 aromatic heterocycles. The van der Waals surface area contributed by atoms with Crippen molar-refractivity contribution in [3.8, 4) is 6.07 Å². The molecule has 0 aliphatic carbocycles. The quantitative estimate of drug-likeness (QED) is 0.604. The van der Waals surface area contributed by atoms with E-state index in [9.17, 15) is 25.5 Å². The van der Waals surface area contributed by atoms with Crippen molar-refractivity contribution < 1.29 is 14.6 Å². The Morgan fingerprint density at radius 3 is 2.59 bits per heavy atom. The molecule has 13 nitrogen and oxygen atoms in total. The van der Waals surface area contributed by atoms with Gasteiger partial charge in [0.05, 0.1) is 26.3 Å². The highest BCUT2D eigenvalue weighted by Gasteiger charge is 2.39. The Kier molecular flexibility index (Phi) is 4.22. The minimum Gasteiger partial charge on any atom is -0.443 e. The van der Waals surface area contributed by atoms with E-state index in [1.807, 2.05) is 6.07 Å². The Bertz CT molecular complexity index is 1060. The summed E-state index contributed by atoms with van der Waals surface area (Å²) in [5, 5.41) is 42.4. The zero-order valence-corrected chi connectivity index (χ0v) is 13.6. The smallest absolute Gasteiger partial charge is 0.443 e. The van der Waals surface area contributed by atoms with Gasteiger partial charge in [-0.2, -0.15) is 5.26 Å². The molecule has 0 saturated carbocycles. The van der Waals surface area contributed by atoms with E-state index in [0.717, 1.165) is 4.80 Å². The van der Waals surface area contributed by atoms with Crippen molar-refractivity contribution in [1.29, 1.82) is 5.26 Å². The van der Waals surface area contributed by atoms with Crippen LogP contribution in [0.3, 0.4) is 0 Å². The van der Waals surface area contributed by atoms with Crippen LogP contribution in [-0.2, 0) is 4.74 Å². The van der Waals surface area contributed by atoms with Gasteiger partial charge in [0, 0.05) is 11.6 Å². The lowest BCUT2D eigenvalue weighted by molar-refractivity contribution is -0.394. The predicted octanol–water partition coefficient (Wildman–Crippen LogP) is 1.19. The Morgan fingerprint density at radius 1 is 1.30 bits per heavy atom. The lowest BCUT2D eigenvalue weighted by Crippen LogP contribution is -2.24. The Labute approximate surface area is 150 Å². The van der Waals surface area contributed by atoms with E-state index in [1.54, 1.807) is 6.07 Å². The van der Waals surface area contributed by atoms with E-state index in [2.05, 4.69) is 15.4 Å². The van der Waals surface area contributed by atoms with E-state index < -0.39 is 21.7 Å². The topological polar surface area (TPSA) is 189 Å². The van der Waals surface area contributed by atoms with Gasteiger partial charge in [-0.05, 0) is 11.8 Å². The van der Waals surface area contributed by atoms with Gasteiger partial charge >= 0.3 is 5.95 Å². The standard InChI is InChI=1S/C14H10N8O5/c1-7-12(20-18-14(17-19-20)22(25)26)11(9(6-15)13(16)27-7)8-4-2-3-5-10(8)21(23)24/h2-5,11H,16H2,1H3/t11-/m1/s1. The van der Waals surface area contributed by atoms with Gasteiger partial charge in [-0.3, -0.25) is 10.1 Å². The maximum atomic E-state index is 11.4. The fourth-order valence-electron chi connectivity index (χ4n) is 2.71. The molecule has 1 aromatic carbocycles. The summed E-state index contributed by atoms with van der Waals surface area (Å²) in [6, 6.07) is 7.59. The number of nitro benzene ring substituents is 1. The number of aromatic nitrogens is 4. The summed E-state index contributed by atoms with van der Waals surface area (Å²) < 4.78 is 5.32. The number of hydrogen-bond donors (Lipinski definition) is 1. The SMILES string of the molecule is CC1=C(n2nnc([N+](=O)[O-])n2)[C@H](c2ccccc2[N+](=O)[O-])C(C#N)=C(N)O1. The van der Waals surface area contributed by atoms with Crippen molar-refractivity contribution in [3.63, 3.8) is 0 Å². The van der Waals surface area contributed by atoms with Crippen LogP contribution in [0.1, 0.15) is 18.4 Å². The van der Waals surface area contributed by atoms with Crippen LogP contribution in [0.25, 0.3) is 5.70 Å². The number of nitrogens with two attached hydrogens (primary N) is 1. The molecule has 1 aliphatic heterocycles. The molecule has 0 radical (unpaired) electrons. The average molecular weight is 370 g/mol. The molecule has 0 unspecified atom stereocenters. The van der Waals surface area contributed by atoms with Crippen molar-refractivity contribution in [2.24, 2.45) is 5.73 Å². The summed E-state index contributed by atoms with van der Waals surface area (Å²) in [5.41, 5.74) is 5.57. The third kappa shape index (κ3) is 2.91. The summed E-state index contributed by atoms with van der Waals surface area (Å²) in [5.74, 6) is -1.99. The molecule has 0 spiro atoms. The molecule has 136 valence electrons. The van der Waals surface area contributed by atoms with E-state index in [-0.39, 0.29) is 34.2 Å². The van der Waals surface area contributed by atoms with Crippen LogP contribution >= 0.6 is 0 Å². The summed E-state index contributed by atoms with van der Waals surface area (Å²) in [6.07, 6.45) is 0. The summed E-state index contributed by atoms with van der Waals surface area (Å²) >= 11 is 0. The average Bonchev–Trinajstić information content (AvgIpc) is 3.11. The van der Waals surface area contributed by atoms with Crippen molar-refractivity contribution in [2.45, 2.75) is 12.8 Å². The van der Waals surface area contributed by atoms with Gasteiger partial charge in [0.25, 0.3) is 5.69 Å². The fourth-order valence-corrected chi connectivity index (χ4v) is 2.71.